The number of fused-ring (bicyclic) bond motifs is 2. The van der Waals surface area contributed by atoms with Crippen molar-refractivity contribution in [2.24, 2.45) is 58.2 Å². The molecule has 0 amide bonds. The second kappa shape index (κ2) is 20.2. The van der Waals surface area contributed by atoms with Gasteiger partial charge in [0.15, 0.2) is 0 Å². The maximum Gasteiger partial charge on any atom is 0.332 e. The molecular weight excluding hydrogens is 813 g/mol. The molecule has 6 aliphatic rings. The van der Waals surface area contributed by atoms with Crippen molar-refractivity contribution in [3.05, 3.63) is 47.6 Å². The number of allylic oxidation sites excluding steroid dienone is 6. The van der Waals surface area contributed by atoms with Crippen LogP contribution in [-0.2, 0) is 47.0 Å². The van der Waals surface area contributed by atoms with E-state index in [1.165, 1.54) is 11.1 Å². The molecule has 2 saturated heterocycles. The predicted molar refractivity (Wildman–Crippen MR) is 246 cm³/mol. The second-order valence-corrected chi connectivity index (χ2v) is 25.3. The quantitative estimate of drug-likeness (QED) is 0.0840. The lowest BCUT2D eigenvalue weighted by Gasteiger charge is -2.44. The Kier molecular flexibility index (Phi) is 15.9. The number of carbonyl (C=O) groups is 4. The zero-order valence-corrected chi connectivity index (χ0v) is 41.6. The molecule has 0 bridgehead atoms. The fourth-order valence-corrected chi connectivity index (χ4v) is 13.2. The first-order valence-corrected chi connectivity index (χ1v) is 27.4. The van der Waals surface area contributed by atoms with Gasteiger partial charge in [0.2, 0.25) is 0 Å². The number of esters is 4. The molecule has 2 heterocycles. The van der Waals surface area contributed by atoms with E-state index >= 15 is 0 Å². The number of ether oxygens (including phenoxy) is 4. The molecule has 352 valence electrons. The zero-order chi connectivity index (χ0) is 46.0. The first kappa shape index (κ1) is 49.4. The van der Waals surface area contributed by atoms with E-state index in [4.69, 9.17) is 27.8 Å². The maximum atomic E-state index is 13.3. The monoisotopic (exact) mass is 893 g/mol. The van der Waals surface area contributed by atoms with Crippen LogP contribution in [0.4, 0.5) is 0 Å². The molecule has 2 aliphatic heterocycles. The van der Waals surface area contributed by atoms with Gasteiger partial charge in [-0.3, -0.25) is 19.2 Å². The number of hydrogen-bond acceptors (Lipinski definition) is 10. The molecule has 0 aromatic rings. The zero-order valence-electron chi connectivity index (χ0n) is 40.6. The lowest BCUT2D eigenvalue weighted by molar-refractivity contribution is -0.166. The van der Waals surface area contributed by atoms with Crippen molar-refractivity contribution in [2.45, 2.75) is 196 Å². The largest absolute Gasteiger partial charge is 0.462 e. The van der Waals surface area contributed by atoms with Gasteiger partial charge in [-0.2, -0.15) is 0 Å². The van der Waals surface area contributed by atoms with Gasteiger partial charge in [-0.25, -0.2) is 0 Å². The fraction of sp³-hybridized carbons (Fsp3) is 0.769. The van der Waals surface area contributed by atoms with E-state index in [0.717, 1.165) is 25.7 Å². The van der Waals surface area contributed by atoms with E-state index < -0.39 is 19.4 Å². The summed E-state index contributed by atoms with van der Waals surface area (Å²) in [6.07, 6.45) is 19.6. The molecule has 0 saturated carbocycles. The SMILES string of the molecule is CCC(C)(C)C(=O)O[C@H]1C[C@@H](C)C=C2C=C[C@H](C)[C@H](CC[C@H]3C[C@H](O[Si](C)(C)O[C@H]4CC(=O)O[C@H](CC[C@@H]5[C@@H]6C(=C[C@H](C)C[C@@H]6OC(=O)C(C)(C)CC)C=C[C@@H]5C)C4)CC(=O)O3)C21. The minimum atomic E-state index is -2.82. The average Bonchev–Trinajstić information content (AvgIpc) is 3.19. The summed E-state index contributed by atoms with van der Waals surface area (Å²) in [7, 11) is -2.82. The third kappa shape index (κ3) is 12.3. The van der Waals surface area contributed by atoms with Crippen molar-refractivity contribution in [1.82, 2.24) is 0 Å². The van der Waals surface area contributed by atoms with Crippen molar-refractivity contribution in [1.29, 1.82) is 0 Å². The van der Waals surface area contributed by atoms with Crippen LogP contribution in [0.3, 0.4) is 0 Å². The van der Waals surface area contributed by atoms with Crippen molar-refractivity contribution in [2.75, 3.05) is 0 Å². The molecule has 0 spiro atoms. The van der Waals surface area contributed by atoms with Crippen LogP contribution in [0.2, 0.25) is 13.1 Å². The minimum absolute atomic E-state index is 0.1000. The van der Waals surface area contributed by atoms with Crippen molar-refractivity contribution in [3.8, 4) is 0 Å². The highest BCUT2D eigenvalue weighted by Crippen LogP contribution is 2.48. The van der Waals surface area contributed by atoms with E-state index in [-0.39, 0.29) is 109 Å². The van der Waals surface area contributed by atoms with Crippen LogP contribution in [-0.4, -0.2) is 69.1 Å². The number of cyclic esters (lactones) is 2. The Balaban J connectivity index is 1.04. The highest BCUT2D eigenvalue weighted by Gasteiger charge is 2.46. The van der Waals surface area contributed by atoms with E-state index in [0.29, 0.717) is 50.4 Å². The summed E-state index contributed by atoms with van der Waals surface area (Å²) < 4.78 is 38.0. The van der Waals surface area contributed by atoms with E-state index in [9.17, 15) is 19.2 Å². The summed E-state index contributed by atoms with van der Waals surface area (Å²) in [6.45, 7) is 24.7. The first-order chi connectivity index (χ1) is 29.6. The molecule has 14 atom stereocenters. The molecule has 6 rings (SSSR count). The minimum Gasteiger partial charge on any atom is -0.462 e. The normalized spacial score (nSPS) is 35.9. The predicted octanol–water partition coefficient (Wildman–Crippen LogP) is 10.9. The Morgan fingerprint density at radius 1 is 0.635 bits per heavy atom. The van der Waals surface area contributed by atoms with Crippen LogP contribution in [0.5, 0.6) is 0 Å². The second-order valence-electron chi connectivity index (χ2n) is 22.1. The Morgan fingerprint density at radius 2 is 1.02 bits per heavy atom. The summed E-state index contributed by atoms with van der Waals surface area (Å²) in [6, 6.07) is 0. The van der Waals surface area contributed by atoms with Gasteiger partial charge in [0.05, 0.1) is 35.9 Å². The molecule has 0 radical (unpaired) electrons. The molecule has 0 aromatic heterocycles. The van der Waals surface area contributed by atoms with E-state index in [1.807, 2.05) is 54.6 Å². The maximum absolute atomic E-state index is 13.3. The van der Waals surface area contributed by atoms with Crippen LogP contribution >= 0.6 is 0 Å². The summed E-state index contributed by atoms with van der Waals surface area (Å²) in [5.74, 6) is 1.08. The molecule has 63 heavy (non-hydrogen) atoms. The smallest absolute Gasteiger partial charge is 0.332 e. The Morgan fingerprint density at radius 3 is 1.38 bits per heavy atom. The van der Waals surface area contributed by atoms with Crippen LogP contribution in [0.15, 0.2) is 47.6 Å². The standard InChI is InChI=1S/C52H80O10Si/c1-13-51(7,8)49(55)59-43-25-31(3)23-35-17-15-33(5)41(47(35)43)21-19-37-27-39(29-45(53)57-37)61-63(11,12)62-40-28-38(58-46(54)30-40)20-22-42-34(6)16-18-36-24-32(4)26-44(48(36)42)60-50(56)52(9,10)14-2/h15-18,23-24,31-34,37-44,47-48H,13-14,19-22,25-30H2,1-12H3/t31-,32-,33-,34-,37-,38+,39-,40+,41-,42-,43-,44-,47?,48-/m0/s1. The first-order valence-electron chi connectivity index (χ1n) is 24.5. The van der Waals surface area contributed by atoms with Crippen LogP contribution in [0, 0.1) is 58.2 Å². The van der Waals surface area contributed by atoms with Crippen LogP contribution in [0.25, 0.3) is 0 Å². The van der Waals surface area contributed by atoms with Gasteiger partial charge in [0.25, 0.3) is 0 Å². The molecule has 0 aromatic carbocycles. The lowest BCUT2D eigenvalue weighted by atomic mass is 9.65. The highest BCUT2D eigenvalue weighted by molar-refractivity contribution is 6.64. The van der Waals surface area contributed by atoms with Gasteiger partial charge in [0, 0.05) is 24.7 Å². The highest BCUT2D eigenvalue weighted by atomic mass is 28.4. The summed E-state index contributed by atoms with van der Waals surface area (Å²) in [4.78, 5) is 52.8. The summed E-state index contributed by atoms with van der Waals surface area (Å²) in [5.41, 5.74) is 1.42. The molecular formula is C52H80O10Si. The van der Waals surface area contributed by atoms with E-state index in [1.54, 1.807) is 0 Å². The van der Waals surface area contributed by atoms with Crippen molar-refractivity contribution < 1.29 is 47.0 Å². The average molecular weight is 893 g/mol. The number of hydrogen-bond donors (Lipinski definition) is 0. The summed E-state index contributed by atoms with van der Waals surface area (Å²) in [5, 5.41) is 0. The van der Waals surface area contributed by atoms with Crippen LogP contribution < -0.4 is 0 Å². The van der Waals surface area contributed by atoms with Gasteiger partial charge in [0.1, 0.15) is 24.4 Å². The lowest BCUT2D eigenvalue weighted by Crippen LogP contribution is -2.48. The Labute approximate surface area is 380 Å². The molecule has 4 aliphatic carbocycles. The van der Waals surface area contributed by atoms with Gasteiger partial charge in [-0.05, 0) is 139 Å². The summed E-state index contributed by atoms with van der Waals surface area (Å²) >= 11 is 0. The molecule has 11 heteroatoms. The molecule has 1 unspecified atom stereocenters. The Hall–Kier alpha value is -3.02. The number of rotatable bonds is 16. The third-order valence-electron chi connectivity index (χ3n) is 15.6. The van der Waals surface area contributed by atoms with Crippen LogP contribution in [0.1, 0.15) is 146 Å². The van der Waals surface area contributed by atoms with E-state index in [2.05, 4.69) is 64.2 Å². The van der Waals surface area contributed by atoms with Crippen molar-refractivity contribution >= 4 is 32.4 Å². The molecule has 2 fully saturated rings. The van der Waals surface area contributed by atoms with Crippen molar-refractivity contribution in [3.63, 3.8) is 0 Å². The van der Waals surface area contributed by atoms with Gasteiger partial charge < -0.3 is 27.8 Å². The third-order valence-corrected chi connectivity index (χ3v) is 17.4. The number of carbonyl (C=O) groups excluding carboxylic acids is 4. The molecule has 10 nitrogen and oxygen atoms in total. The Bertz CT molecular complexity index is 1660. The fourth-order valence-electron chi connectivity index (χ4n) is 11.1. The van der Waals surface area contributed by atoms with Gasteiger partial charge in [-0.15, -0.1) is 0 Å². The van der Waals surface area contributed by atoms with Gasteiger partial charge in [-0.1, -0.05) is 78.0 Å². The van der Waals surface area contributed by atoms with Gasteiger partial charge >= 0.3 is 32.4 Å². The molecule has 0 N–H and O–H groups in total. The topological polar surface area (TPSA) is 124 Å².